The molecule has 228 valence electrons. The van der Waals surface area contributed by atoms with Gasteiger partial charge < -0.3 is 40.1 Å². The lowest BCUT2D eigenvalue weighted by Gasteiger charge is -2.16. The smallest absolute Gasteiger partial charge is 0.210 e. The van der Waals surface area contributed by atoms with Crippen LogP contribution in [0.3, 0.4) is 0 Å². The Bertz CT molecular complexity index is 1810. The SMILES string of the molecule is C/C1=C/Cc2cc(c(Br)cc2O)Oc2c(O)cc(O)cc2C/C(Cl)=C\Cc2cc(c(Br)cc2O)Oc2c(O)cc(cc2O)C1. The number of fused-ring (bicyclic) bond motifs is 6. The quantitative estimate of drug-likeness (QED) is 0.0981. The van der Waals surface area contributed by atoms with Gasteiger partial charge in [0, 0.05) is 34.2 Å². The number of hydrogen-bond acceptors (Lipinski definition) is 8. The van der Waals surface area contributed by atoms with E-state index in [1.165, 1.54) is 30.3 Å². The van der Waals surface area contributed by atoms with E-state index in [1.54, 1.807) is 18.2 Å². The second kappa shape index (κ2) is 12.9. The van der Waals surface area contributed by atoms with Crippen molar-refractivity contribution in [3.05, 3.63) is 102 Å². The molecular formula is C33H27Br2ClO8. The molecule has 8 nitrogen and oxygen atoms in total. The number of halogens is 3. The van der Waals surface area contributed by atoms with Crippen molar-refractivity contribution in [1.82, 2.24) is 0 Å². The van der Waals surface area contributed by atoms with Gasteiger partial charge in [0.15, 0.2) is 23.0 Å². The Kier molecular flexibility index (Phi) is 9.24. The number of hydrogen-bond donors (Lipinski definition) is 6. The average Bonchev–Trinajstić information content (AvgIpc) is 2.93. The highest BCUT2D eigenvalue weighted by Gasteiger charge is 2.19. The molecule has 0 radical (unpaired) electrons. The Balaban J connectivity index is 1.63. The van der Waals surface area contributed by atoms with Gasteiger partial charge >= 0.3 is 0 Å². The second-order valence-electron chi connectivity index (χ2n) is 10.4. The summed E-state index contributed by atoms with van der Waals surface area (Å²) in [4.78, 5) is 0. The van der Waals surface area contributed by atoms with Crippen LogP contribution < -0.4 is 9.47 Å². The number of benzene rings is 4. The van der Waals surface area contributed by atoms with E-state index in [2.05, 4.69) is 31.9 Å². The summed E-state index contributed by atoms with van der Waals surface area (Å²) in [7, 11) is 0. The molecule has 6 bridgehead atoms. The molecule has 6 N–H and O–H groups in total. The van der Waals surface area contributed by atoms with Crippen LogP contribution in [0.1, 0.15) is 29.2 Å². The number of ether oxygens (including phenoxy) is 2. The fourth-order valence-electron chi connectivity index (χ4n) is 4.79. The Morgan fingerprint density at radius 3 is 1.70 bits per heavy atom. The van der Waals surface area contributed by atoms with Crippen molar-refractivity contribution < 1.29 is 40.1 Å². The van der Waals surface area contributed by atoms with Gasteiger partial charge in [-0.3, -0.25) is 0 Å². The molecule has 2 heterocycles. The number of phenols is 6. The first-order valence-electron chi connectivity index (χ1n) is 13.4. The monoisotopic (exact) mass is 744 g/mol. The third-order valence-electron chi connectivity index (χ3n) is 6.99. The van der Waals surface area contributed by atoms with Gasteiger partial charge in [0.1, 0.15) is 28.7 Å². The van der Waals surface area contributed by atoms with E-state index in [1.807, 2.05) is 13.0 Å². The van der Waals surface area contributed by atoms with E-state index in [-0.39, 0.29) is 64.6 Å². The van der Waals surface area contributed by atoms with Crippen molar-refractivity contribution in [1.29, 1.82) is 0 Å². The van der Waals surface area contributed by atoms with Crippen molar-refractivity contribution in [2.75, 3.05) is 0 Å². The summed E-state index contributed by atoms with van der Waals surface area (Å²) in [6, 6.07) is 11.7. The lowest BCUT2D eigenvalue weighted by Crippen LogP contribution is -1.97. The third-order valence-corrected chi connectivity index (χ3v) is 8.51. The minimum atomic E-state index is -0.305. The van der Waals surface area contributed by atoms with E-state index in [0.29, 0.717) is 54.8 Å². The van der Waals surface area contributed by atoms with Crippen LogP contribution in [0.2, 0.25) is 0 Å². The van der Waals surface area contributed by atoms with Crippen molar-refractivity contribution in [2.45, 2.75) is 32.6 Å². The minimum absolute atomic E-state index is 0.0262. The molecule has 0 spiro atoms. The maximum absolute atomic E-state index is 10.7. The predicted octanol–water partition coefficient (Wildman–Crippen LogP) is 8.98. The summed E-state index contributed by atoms with van der Waals surface area (Å²) >= 11 is 13.4. The third kappa shape index (κ3) is 7.04. The van der Waals surface area contributed by atoms with E-state index in [4.69, 9.17) is 21.1 Å². The fourth-order valence-corrected chi connectivity index (χ4v) is 5.84. The van der Waals surface area contributed by atoms with Gasteiger partial charge in [-0.25, -0.2) is 0 Å². The molecule has 0 saturated heterocycles. The molecule has 0 saturated carbocycles. The molecule has 4 aromatic rings. The van der Waals surface area contributed by atoms with E-state index in [0.717, 1.165) is 11.6 Å². The summed E-state index contributed by atoms with van der Waals surface area (Å²) in [5, 5.41) is 64.0. The van der Waals surface area contributed by atoms with Crippen molar-refractivity contribution in [2.24, 2.45) is 0 Å². The first-order valence-corrected chi connectivity index (χ1v) is 15.3. The van der Waals surface area contributed by atoms with Gasteiger partial charge in [-0.2, -0.15) is 0 Å². The van der Waals surface area contributed by atoms with Gasteiger partial charge in [0.2, 0.25) is 5.75 Å². The van der Waals surface area contributed by atoms with E-state index < -0.39 is 0 Å². The summed E-state index contributed by atoms with van der Waals surface area (Å²) in [6.45, 7) is 1.89. The van der Waals surface area contributed by atoms with Crippen molar-refractivity contribution >= 4 is 43.5 Å². The number of phenolic OH excluding ortho intramolecular Hbond substituents is 6. The van der Waals surface area contributed by atoms with Crippen LogP contribution in [0.25, 0.3) is 0 Å². The summed E-state index contributed by atoms with van der Waals surface area (Å²) < 4.78 is 12.8. The molecule has 0 fully saturated rings. The maximum atomic E-state index is 10.7. The zero-order valence-corrected chi connectivity index (χ0v) is 27.2. The van der Waals surface area contributed by atoms with Gasteiger partial charge in [-0.1, -0.05) is 29.3 Å². The van der Waals surface area contributed by atoms with Crippen LogP contribution in [0.5, 0.6) is 57.5 Å². The van der Waals surface area contributed by atoms with Crippen LogP contribution >= 0.6 is 43.5 Å². The van der Waals surface area contributed by atoms with Gasteiger partial charge in [-0.15, -0.1) is 0 Å². The zero-order valence-electron chi connectivity index (χ0n) is 23.2. The van der Waals surface area contributed by atoms with Crippen molar-refractivity contribution in [3.63, 3.8) is 0 Å². The lowest BCUT2D eigenvalue weighted by molar-refractivity contribution is 0.373. The maximum Gasteiger partial charge on any atom is 0.210 e. The van der Waals surface area contributed by atoms with E-state index >= 15 is 0 Å². The van der Waals surface area contributed by atoms with Crippen LogP contribution in [0, 0.1) is 0 Å². The van der Waals surface area contributed by atoms with Crippen LogP contribution in [0.15, 0.2) is 80.2 Å². The topological polar surface area (TPSA) is 140 Å². The number of allylic oxidation sites excluding steroid dienone is 4. The molecule has 0 atom stereocenters. The van der Waals surface area contributed by atoms with Crippen LogP contribution in [0.4, 0.5) is 0 Å². The Labute approximate surface area is 275 Å². The first-order chi connectivity index (χ1) is 20.9. The molecular weight excluding hydrogens is 720 g/mol. The molecule has 0 aromatic heterocycles. The van der Waals surface area contributed by atoms with Gasteiger partial charge in [0.05, 0.1) is 8.95 Å². The first kappa shape index (κ1) is 31.4. The highest BCUT2D eigenvalue weighted by Crippen LogP contribution is 2.45. The molecule has 6 rings (SSSR count). The van der Waals surface area contributed by atoms with Crippen molar-refractivity contribution in [3.8, 4) is 57.5 Å². The summed E-state index contributed by atoms with van der Waals surface area (Å²) in [5.74, 6) is -0.568. The Morgan fingerprint density at radius 1 is 0.591 bits per heavy atom. The molecule has 0 amide bonds. The van der Waals surface area contributed by atoms with Gasteiger partial charge in [0.25, 0.3) is 0 Å². The fraction of sp³-hybridized carbons (Fsp3) is 0.152. The highest BCUT2D eigenvalue weighted by molar-refractivity contribution is 9.11. The summed E-state index contributed by atoms with van der Waals surface area (Å²) in [5.41, 5.74) is 2.91. The molecule has 2 aliphatic heterocycles. The van der Waals surface area contributed by atoms with E-state index in [9.17, 15) is 30.6 Å². The Morgan fingerprint density at radius 2 is 1.11 bits per heavy atom. The largest absolute Gasteiger partial charge is 0.508 e. The van der Waals surface area contributed by atoms with Crippen LogP contribution in [-0.2, 0) is 25.7 Å². The zero-order chi connectivity index (χ0) is 31.7. The summed E-state index contributed by atoms with van der Waals surface area (Å²) in [6.07, 6.45) is 4.52. The molecule has 4 aromatic carbocycles. The minimum Gasteiger partial charge on any atom is -0.508 e. The average molecular weight is 747 g/mol. The molecule has 0 unspecified atom stereocenters. The molecule has 44 heavy (non-hydrogen) atoms. The Hall–Kier alpha value is -3.99. The number of rotatable bonds is 0. The predicted molar refractivity (Wildman–Crippen MR) is 174 cm³/mol. The molecule has 11 heteroatoms. The highest BCUT2D eigenvalue weighted by atomic mass is 79.9. The lowest BCUT2D eigenvalue weighted by atomic mass is 10.0. The molecule has 0 aliphatic carbocycles. The molecule has 2 aliphatic rings. The standard InChI is InChI=1S/C33H27Br2ClO8/c1-16-2-3-18-11-30(23(34)14-25(18)38)43-32-20(10-22(37)13-29(32)42)9-21(36)5-4-19-12-31(24(35)15-26(19)39)44-33-27(40)7-17(6-16)8-28(33)41/h2,5,7-8,10-15,37-42H,3-4,6,9H2,1H3/b16-2-,21-5+. The normalized spacial score (nSPS) is 16.2. The second-order valence-corrected chi connectivity index (χ2v) is 12.6. The van der Waals surface area contributed by atoms with Crippen LogP contribution in [-0.4, -0.2) is 30.6 Å². The number of aromatic hydroxyl groups is 6. The van der Waals surface area contributed by atoms with Gasteiger partial charge in [-0.05, 0) is 106 Å².